The second kappa shape index (κ2) is 5.77. The summed E-state index contributed by atoms with van der Waals surface area (Å²) in [5.74, 6) is 0.235. The maximum atomic E-state index is 11.3. The van der Waals surface area contributed by atoms with Crippen LogP contribution in [0.15, 0.2) is 22.8 Å². The Labute approximate surface area is 139 Å². The number of cyclic esters (lactones) is 1. The molecule has 3 rings (SSSR count). The van der Waals surface area contributed by atoms with Gasteiger partial charge in [0.15, 0.2) is 0 Å². The van der Waals surface area contributed by atoms with E-state index in [0.717, 1.165) is 18.4 Å². The lowest BCUT2D eigenvalue weighted by atomic mass is 9.55. The van der Waals surface area contributed by atoms with E-state index in [0.29, 0.717) is 11.3 Å². The van der Waals surface area contributed by atoms with Crippen molar-refractivity contribution in [2.75, 3.05) is 0 Å². The Morgan fingerprint density at radius 1 is 1.26 bits per heavy atom. The molecule has 0 radical (unpaired) electrons. The van der Waals surface area contributed by atoms with Crippen LogP contribution in [0, 0.1) is 16.7 Å². The van der Waals surface area contributed by atoms with Gasteiger partial charge in [-0.2, -0.15) is 0 Å². The Morgan fingerprint density at radius 3 is 2.65 bits per heavy atom. The van der Waals surface area contributed by atoms with Crippen molar-refractivity contribution in [1.29, 1.82) is 0 Å². The molecular formula is C20H30O3. The molecule has 0 spiro atoms. The Kier molecular flexibility index (Phi) is 4.20. The number of hydrogen-bond acceptors (Lipinski definition) is 3. The third-order valence-corrected chi connectivity index (χ3v) is 6.80. The highest BCUT2D eigenvalue weighted by Gasteiger charge is 2.44. The normalized spacial score (nSPS) is 36.6. The number of hydrogen-bond donors (Lipinski definition) is 1. The standard InChI is InChI=1S/C20H30O3/c1-13-7-8-15-16(6-5-10-19(15,2)3)20(13,4)11-9-14-12-17(21)23-18(14)22/h12-13,18,22H,5-11H2,1-4H3/t13-,18?,20+/m1/s1. The van der Waals surface area contributed by atoms with Gasteiger partial charge in [-0.05, 0) is 61.7 Å². The molecule has 0 saturated heterocycles. The lowest BCUT2D eigenvalue weighted by Gasteiger charge is -2.50. The van der Waals surface area contributed by atoms with Crippen LogP contribution in [0.5, 0.6) is 0 Å². The fraction of sp³-hybridized carbons (Fsp3) is 0.750. The molecule has 0 aromatic rings. The van der Waals surface area contributed by atoms with Crippen LogP contribution in [0.25, 0.3) is 0 Å². The van der Waals surface area contributed by atoms with E-state index in [1.807, 2.05) is 0 Å². The van der Waals surface area contributed by atoms with Crippen molar-refractivity contribution in [3.63, 3.8) is 0 Å². The second-order valence-electron chi connectivity index (χ2n) is 8.56. The van der Waals surface area contributed by atoms with E-state index < -0.39 is 12.3 Å². The average Bonchev–Trinajstić information content (AvgIpc) is 2.79. The fourth-order valence-electron chi connectivity index (χ4n) is 4.95. The molecule has 2 aliphatic carbocycles. The van der Waals surface area contributed by atoms with Crippen molar-refractivity contribution < 1.29 is 14.6 Å². The lowest BCUT2D eigenvalue weighted by molar-refractivity contribution is -0.151. The molecule has 0 amide bonds. The number of rotatable bonds is 3. The molecular weight excluding hydrogens is 288 g/mol. The molecule has 1 aliphatic heterocycles. The highest BCUT2D eigenvalue weighted by Crippen LogP contribution is 2.56. The summed E-state index contributed by atoms with van der Waals surface area (Å²) in [5.41, 5.74) is 4.62. The van der Waals surface area contributed by atoms with Crippen LogP contribution in [-0.2, 0) is 9.53 Å². The molecule has 0 saturated carbocycles. The minimum Gasteiger partial charge on any atom is -0.429 e. The van der Waals surface area contributed by atoms with Crippen molar-refractivity contribution in [3.8, 4) is 0 Å². The Hall–Kier alpha value is -1.09. The molecule has 128 valence electrons. The van der Waals surface area contributed by atoms with Crippen LogP contribution in [-0.4, -0.2) is 17.4 Å². The molecule has 3 atom stereocenters. The molecule has 1 N–H and O–H groups in total. The Morgan fingerprint density at radius 2 is 2.00 bits per heavy atom. The minimum absolute atomic E-state index is 0.178. The van der Waals surface area contributed by atoms with Gasteiger partial charge in [-0.25, -0.2) is 4.79 Å². The summed E-state index contributed by atoms with van der Waals surface area (Å²) in [6, 6.07) is 0. The quantitative estimate of drug-likeness (QED) is 0.615. The van der Waals surface area contributed by atoms with Crippen LogP contribution in [0.2, 0.25) is 0 Å². The monoisotopic (exact) mass is 318 g/mol. The smallest absolute Gasteiger partial charge is 0.333 e. The van der Waals surface area contributed by atoms with Crippen LogP contribution < -0.4 is 0 Å². The van der Waals surface area contributed by atoms with E-state index in [2.05, 4.69) is 27.7 Å². The van der Waals surface area contributed by atoms with Crippen LogP contribution in [0.1, 0.15) is 72.6 Å². The first-order valence-corrected chi connectivity index (χ1v) is 9.06. The van der Waals surface area contributed by atoms with Gasteiger partial charge in [0.05, 0.1) is 0 Å². The SMILES string of the molecule is C[C@@H]1CCC2=C(CCCC2(C)C)[C@@]1(C)CCC1=CC(=O)OC1O. The van der Waals surface area contributed by atoms with E-state index in [9.17, 15) is 9.90 Å². The molecule has 0 fully saturated rings. The van der Waals surface area contributed by atoms with Crippen LogP contribution in [0.4, 0.5) is 0 Å². The Bertz CT molecular complexity index is 569. The van der Waals surface area contributed by atoms with E-state index in [1.54, 1.807) is 11.1 Å². The maximum Gasteiger partial charge on any atom is 0.333 e. The van der Waals surface area contributed by atoms with Crippen molar-refractivity contribution in [2.45, 2.75) is 78.9 Å². The van der Waals surface area contributed by atoms with E-state index in [-0.39, 0.29) is 5.41 Å². The van der Waals surface area contributed by atoms with E-state index in [4.69, 9.17) is 4.74 Å². The van der Waals surface area contributed by atoms with Gasteiger partial charge in [0.1, 0.15) is 0 Å². The zero-order chi connectivity index (χ0) is 16.8. The zero-order valence-corrected chi connectivity index (χ0v) is 14.9. The second-order valence-corrected chi connectivity index (χ2v) is 8.56. The summed E-state index contributed by atoms with van der Waals surface area (Å²) in [6.45, 7) is 9.56. The molecule has 23 heavy (non-hydrogen) atoms. The molecule has 1 heterocycles. The summed E-state index contributed by atoms with van der Waals surface area (Å²) in [4.78, 5) is 11.3. The van der Waals surface area contributed by atoms with Gasteiger partial charge >= 0.3 is 5.97 Å². The van der Waals surface area contributed by atoms with Crippen LogP contribution >= 0.6 is 0 Å². The number of carbonyl (C=O) groups excluding carboxylic acids is 1. The first kappa shape index (κ1) is 16.8. The highest BCUT2D eigenvalue weighted by atomic mass is 16.6. The van der Waals surface area contributed by atoms with Gasteiger partial charge < -0.3 is 9.84 Å². The van der Waals surface area contributed by atoms with Gasteiger partial charge in [0, 0.05) is 11.6 Å². The number of esters is 1. The lowest BCUT2D eigenvalue weighted by Crippen LogP contribution is -2.37. The predicted octanol–water partition coefficient (Wildman–Crippen LogP) is 4.51. The molecule has 0 aromatic carbocycles. The molecule has 3 heteroatoms. The molecule has 3 aliphatic rings. The first-order chi connectivity index (χ1) is 10.7. The summed E-state index contributed by atoms with van der Waals surface area (Å²) in [7, 11) is 0. The third kappa shape index (κ3) is 2.88. The molecule has 1 unspecified atom stereocenters. The number of allylic oxidation sites excluding steroid dienone is 2. The predicted molar refractivity (Wildman–Crippen MR) is 90.6 cm³/mol. The summed E-state index contributed by atoms with van der Waals surface area (Å²) < 4.78 is 4.83. The van der Waals surface area contributed by atoms with Gasteiger partial charge in [0.25, 0.3) is 0 Å². The van der Waals surface area contributed by atoms with Crippen molar-refractivity contribution in [3.05, 3.63) is 22.8 Å². The Balaban J connectivity index is 1.86. The number of carbonyl (C=O) groups is 1. The van der Waals surface area contributed by atoms with Gasteiger partial charge in [-0.3, -0.25) is 0 Å². The third-order valence-electron chi connectivity index (χ3n) is 6.80. The number of aliphatic hydroxyl groups excluding tert-OH is 1. The van der Waals surface area contributed by atoms with Crippen molar-refractivity contribution in [1.82, 2.24) is 0 Å². The molecule has 0 aromatic heterocycles. The zero-order valence-electron chi connectivity index (χ0n) is 14.9. The summed E-state index contributed by atoms with van der Waals surface area (Å²) >= 11 is 0. The van der Waals surface area contributed by atoms with Gasteiger partial charge in [-0.15, -0.1) is 0 Å². The van der Waals surface area contributed by atoms with Gasteiger partial charge in [-0.1, -0.05) is 38.8 Å². The first-order valence-electron chi connectivity index (χ1n) is 9.06. The molecule has 3 nitrogen and oxygen atoms in total. The maximum absolute atomic E-state index is 11.3. The van der Waals surface area contributed by atoms with E-state index >= 15 is 0 Å². The van der Waals surface area contributed by atoms with E-state index in [1.165, 1.54) is 38.2 Å². The van der Waals surface area contributed by atoms with Crippen LogP contribution in [0.3, 0.4) is 0 Å². The van der Waals surface area contributed by atoms with Crippen molar-refractivity contribution in [2.24, 2.45) is 16.7 Å². The minimum atomic E-state index is -1.03. The fourth-order valence-corrected chi connectivity index (χ4v) is 4.95. The van der Waals surface area contributed by atoms with Gasteiger partial charge in [0.2, 0.25) is 6.29 Å². The highest BCUT2D eigenvalue weighted by molar-refractivity contribution is 5.85. The summed E-state index contributed by atoms with van der Waals surface area (Å²) in [6.07, 6.45) is 8.46. The van der Waals surface area contributed by atoms with Crippen molar-refractivity contribution >= 4 is 5.97 Å². The largest absolute Gasteiger partial charge is 0.429 e. The number of aliphatic hydroxyl groups is 1. The average molecular weight is 318 g/mol. The summed E-state index contributed by atoms with van der Waals surface area (Å²) in [5, 5.41) is 9.83. The topological polar surface area (TPSA) is 46.5 Å². The number of ether oxygens (including phenoxy) is 1. The molecule has 0 bridgehead atoms.